The summed E-state index contributed by atoms with van der Waals surface area (Å²) in [5.74, 6) is 0.896. The lowest BCUT2D eigenvalue weighted by atomic mass is 10.2. The second-order valence-electron chi connectivity index (χ2n) is 5.77. The highest BCUT2D eigenvalue weighted by Crippen LogP contribution is 2.11. The smallest absolute Gasteiger partial charge is 0.117 e. The van der Waals surface area contributed by atoms with Gasteiger partial charge in [-0.1, -0.05) is 30.3 Å². The number of nitrogens with zero attached hydrogens (tertiary/aromatic N) is 1. The van der Waals surface area contributed by atoms with E-state index in [-0.39, 0.29) is 6.10 Å². The molecule has 1 aromatic carbocycles. The van der Waals surface area contributed by atoms with Gasteiger partial charge in [0.25, 0.3) is 0 Å². The molecule has 1 atom stereocenters. The molecule has 0 unspecified atom stereocenters. The fourth-order valence-corrected chi connectivity index (χ4v) is 2.30. The Morgan fingerprint density at radius 3 is 2.50 bits per heavy atom. The predicted octanol–water partition coefficient (Wildman–Crippen LogP) is 3.07. The van der Waals surface area contributed by atoms with Gasteiger partial charge in [-0.15, -0.1) is 0 Å². The highest BCUT2D eigenvalue weighted by molar-refractivity contribution is 5.14. The first-order valence-electron chi connectivity index (χ1n) is 7.72. The number of aliphatic hydroxyl groups excluding tert-OH is 1. The van der Waals surface area contributed by atoms with E-state index >= 15 is 0 Å². The molecule has 0 radical (unpaired) electrons. The van der Waals surface area contributed by atoms with Crippen LogP contribution < -0.4 is 0 Å². The minimum Gasteiger partial charge on any atom is -0.468 e. The molecule has 0 aliphatic rings. The SMILES string of the molecule is CC(C)OC[C@H](O)CN(Cc1ccccc1)Cc1ccco1. The summed E-state index contributed by atoms with van der Waals surface area (Å²) in [4.78, 5) is 2.17. The standard InChI is InChI=1S/C18H25NO3/c1-15(2)22-14-17(20)12-19(13-18-9-6-10-21-18)11-16-7-4-3-5-8-16/h3-10,15,17,20H,11-14H2,1-2H3/t17-/m1/s1. The van der Waals surface area contributed by atoms with E-state index < -0.39 is 6.10 Å². The molecule has 2 rings (SSSR count). The Kier molecular flexibility index (Phi) is 6.65. The number of rotatable bonds is 9. The summed E-state index contributed by atoms with van der Waals surface area (Å²) in [6, 6.07) is 14.1. The van der Waals surface area contributed by atoms with Crippen LogP contribution in [0, 0.1) is 0 Å². The average molecular weight is 303 g/mol. The van der Waals surface area contributed by atoms with E-state index in [1.807, 2.05) is 44.2 Å². The summed E-state index contributed by atoms with van der Waals surface area (Å²) in [6.07, 6.45) is 1.29. The summed E-state index contributed by atoms with van der Waals surface area (Å²) < 4.78 is 10.9. The molecule has 1 heterocycles. The second kappa shape index (κ2) is 8.73. The van der Waals surface area contributed by atoms with E-state index in [1.54, 1.807) is 6.26 Å². The largest absolute Gasteiger partial charge is 0.468 e. The molecule has 22 heavy (non-hydrogen) atoms. The van der Waals surface area contributed by atoms with Crippen molar-refractivity contribution >= 4 is 0 Å². The van der Waals surface area contributed by atoms with Crippen LogP contribution in [-0.4, -0.2) is 35.4 Å². The van der Waals surface area contributed by atoms with Crippen molar-refractivity contribution in [2.24, 2.45) is 0 Å². The first kappa shape index (κ1) is 16.7. The van der Waals surface area contributed by atoms with Crippen molar-refractivity contribution in [3.63, 3.8) is 0 Å². The van der Waals surface area contributed by atoms with E-state index in [4.69, 9.17) is 9.15 Å². The molecule has 0 aliphatic heterocycles. The number of ether oxygens (including phenoxy) is 1. The molecule has 0 saturated carbocycles. The molecule has 4 heteroatoms. The molecule has 4 nitrogen and oxygen atoms in total. The number of benzene rings is 1. The van der Waals surface area contributed by atoms with Crippen LogP contribution in [0.15, 0.2) is 53.1 Å². The third kappa shape index (κ3) is 6.02. The van der Waals surface area contributed by atoms with Crippen molar-refractivity contribution in [3.8, 4) is 0 Å². The number of aliphatic hydroxyl groups is 1. The molecule has 0 fully saturated rings. The summed E-state index contributed by atoms with van der Waals surface area (Å²) in [6.45, 7) is 6.26. The van der Waals surface area contributed by atoms with Gasteiger partial charge in [0.05, 0.1) is 31.6 Å². The second-order valence-corrected chi connectivity index (χ2v) is 5.77. The first-order valence-corrected chi connectivity index (χ1v) is 7.72. The van der Waals surface area contributed by atoms with Gasteiger partial charge in [-0.2, -0.15) is 0 Å². The van der Waals surface area contributed by atoms with E-state index in [0.717, 1.165) is 12.3 Å². The molecule has 120 valence electrons. The molecule has 0 amide bonds. The molecule has 0 aliphatic carbocycles. The maximum absolute atomic E-state index is 10.2. The third-order valence-electron chi connectivity index (χ3n) is 3.30. The summed E-state index contributed by atoms with van der Waals surface area (Å²) in [7, 11) is 0. The molecule has 0 bridgehead atoms. The van der Waals surface area contributed by atoms with Crippen LogP contribution >= 0.6 is 0 Å². The van der Waals surface area contributed by atoms with Gasteiger partial charge in [0.1, 0.15) is 5.76 Å². The Morgan fingerprint density at radius 1 is 1.09 bits per heavy atom. The molecular formula is C18H25NO3. The number of hydrogen-bond acceptors (Lipinski definition) is 4. The van der Waals surface area contributed by atoms with Gasteiger partial charge in [0.2, 0.25) is 0 Å². The van der Waals surface area contributed by atoms with Crippen molar-refractivity contribution in [1.82, 2.24) is 4.90 Å². The summed E-state index contributed by atoms with van der Waals surface area (Å²) >= 11 is 0. The molecule has 1 N–H and O–H groups in total. The van der Waals surface area contributed by atoms with Gasteiger partial charge in [0, 0.05) is 13.1 Å². The van der Waals surface area contributed by atoms with Gasteiger partial charge >= 0.3 is 0 Å². The van der Waals surface area contributed by atoms with E-state index in [1.165, 1.54) is 5.56 Å². The van der Waals surface area contributed by atoms with E-state index in [0.29, 0.717) is 19.7 Å². The maximum Gasteiger partial charge on any atom is 0.117 e. The fourth-order valence-electron chi connectivity index (χ4n) is 2.30. The van der Waals surface area contributed by atoms with Gasteiger partial charge in [-0.3, -0.25) is 4.90 Å². The highest BCUT2D eigenvalue weighted by atomic mass is 16.5. The monoisotopic (exact) mass is 303 g/mol. The van der Waals surface area contributed by atoms with Crippen LogP contribution in [-0.2, 0) is 17.8 Å². The molecular weight excluding hydrogens is 278 g/mol. The van der Waals surface area contributed by atoms with Gasteiger partial charge in [0.15, 0.2) is 0 Å². The lowest BCUT2D eigenvalue weighted by Gasteiger charge is -2.24. The lowest BCUT2D eigenvalue weighted by Crippen LogP contribution is -2.34. The number of furan rings is 1. The van der Waals surface area contributed by atoms with Crippen molar-refractivity contribution in [1.29, 1.82) is 0 Å². The Balaban J connectivity index is 1.94. The van der Waals surface area contributed by atoms with Gasteiger partial charge in [-0.25, -0.2) is 0 Å². The topological polar surface area (TPSA) is 45.8 Å². The normalized spacial score (nSPS) is 13.0. The zero-order chi connectivity index (χ0) is 15.8. The molecule has 2 aromatic rings. The molecule has 0 spiro atoms. The minimum atomic E-state index is -0.513. The Hall–Kier alpha value is -1.62. The van der Waals surface area contributed by atoms with Gasteiger partial charge < -0.3 is 14.3 Å². The number of hydrogen-bond donors (Lipinski definition) is 1. The van der Waals surface area contributed by atoms with E-state index in [9.17, 15) is 5.11 Å². The Bertz CT molecular complexity index is 510. The van der Waals surface area contributed by atoms with Gasteiger partial charge in [-0.05, 0) is 31.5 Å². The summed E-state index contributed by atoms with van der Waals surface area (Å²) in [5, 5.41) is 10.2. The lowest BCUT2D eigenvalue weighted by molar-refractivity contribution is -0.0114. The van der Waals surface area contributed by atoms with Crippen LogP contribution in [0.25, 0.3) is 0 Å². The molecule has 1 aromatic heterocycles. The first-order chi connectivity index (χ1) is 10.6. The van der Waals surface area contributed by atoms with Crippen molar-refractivity contribution in [2.45, 2.75) is 39.1 Å². The van der Waals surface area contributed by atoms with Crippen molar-refractivity contribution in [2.75, 3.05) is 13.2 Å². The maximum atomic E-state index is 10.2. The average Bonchev–Trinajstić information content (AvgIpc) is 2.99. The Morgan fingerprint density at radius 2 is 1.86 bits per heavy atom. The summed E-state index contributed by atoms with van der Waals surface area (Å²) in [5.41, 5.74) is 1.21. The molecule has 0 saturated heterocycles. The van der Waals surface area contributed by atoms with Crippen LogP contribution in [0.5, 0.6) is 0 Å². The fraction of sp³-hybridized carbons (Fsp3) is 0.444. The quantitative estimate of drug-likeness (QED) is 0.773. The highest BCUT2D eigenvalue weighted by Gasteiger charge is 2.15. The third-order valence-corrected chi connectivity index (χ3v) is 3.30. The van der Waals surface area contributed by atoms with E-state index in [2.05, 4.69) is 17.0 Å². The minimum absolute atomic E-state index is 0.127. The van der Waals surface area contributed by atoms with Crippen molar-refractivity contribution in [3.05, 3.63) is 60.1 Å². The van der Waals surface area contributed by atoms with Crippen LogP contribution in [0.2, 0.25) is 0 Å². The predicted molar refractivity (Wildman–Crippen MR) is 86.4 cm³/mol. The van der Waals surface area contributed by atoms with Crippen molar-refractivity contribution < 1.29 is 14.3 Å². The zero-order valence-electron chi connectivity index (χ0n) is 13.3. The van der Waals surface area contributed by atoms with Crippen LogP contribution in [0.1, 0.15) is 25.2 Å². The van der Waals surface area contributed by atoms with Crippen LogP contribution in [0.3, 0.4) is 0 Å². The van der Waals surface area contributed by atoms with Crippen LogP contribution in [0.4, 0.5) is 0 Å². The Labute approximate surface area is 132 Å². The zero-order valence-corrected chi connectivity index (χ0v) is 13.3.